The van der Waals surface area contributed by atoms with Gasteiger partial charge in [0.05, 0.1) is 12.3 Å². The molecule has 0 fully saturated rings. The predicted molar refractivity (Wildman–Crippen MR) is 241 cm³/mol. The van der Waals surface area contributed by atoms with Gasteiger partial charge in [0.2, 0.25) is 0 Å². The van der Waals surface area contributed by atoms with Gasteiger partial charge in [-0.15, -0.1) is 0 Å². The highest BCUT2D eigenvalue weighted by atomic mass is 32.3. The second-order valence-corrected chi connectivity index (χ2v) is 21.1. The minimum atomic E-state index is -5.17. The standard InChI is InChI=1S/2C25H22P.H2O4S/c2*1-5-13-22(14-6-1)21-26(23-15-7-2-8-16-23,24-17-9-3-10-18-24)25-19-11-4-12-20-25;1-5(2,3)4/h2*1-20H,21H2;(H2,1,2,3,4)/q2*+1;/p-2. The van der Waals surface area contributed by atoms with Gasteiger partial charge in [0.15, 0.2) is 0 Å². The second kappa shape index (κ2) is 20.1. The van der Waals surface area contributed by atoms with Crippen molar-refractivity contribution < 1.29 is 17.5 Å². The van der Waals surface area contributed by atoms with Crippen LogP contribution in [0.5, 0.6) is 0 Å². The quantitative estimate of drug-likeness (QED) is 0.0786. The number of rotatable bonds is 10. The fourth-order valence-electron chi connectivity index (χ4n) is 7.25. The van der Waals surface area contributed by atoms with E-state index in [0.717, 1.165) is 12.3 Å². The van der Waals surface area contributed by atoms with Crippen LogP contribution in [0.3, 0.4) is 0 Å². The molecule has 0 amide bonds. The molecule has 4 nitrogen and oxygen atoms in total. The SMILES string of the molecule is O=S(=O)([O-])[O-].c1ccc(C[P+](c2ccccc2)(c2ccccc2)c2ccccc2)cc1.c1ccc(C[P+](c2ccccc2)(c2ccccc2)c2ccccc2)cc1. The molecular weight excluding hydrogens is 759 g/mol. The number of benzene rings is 8. The molecule has 0 N–H and O–H groups in total. The topological polar surface area (TPSA) is 80.3 Å². The van der Waals surface area contributed by atoms with Gasteiger partial charge < -0.3 is 9.11 Å². The van der Waals surface area contributed by atoms with Crippen molar-refractivity contribution in [2.75, 3.05) is 0 Å². The summed E-state index contributed by atoms with van der Waals surface area (Å²) in [5.41, 5.74) is 2.77. The Morgan fingerprint density at radius 2 is 0.421 bits per heavy atom. The third-order valence-electron chi connectivity index (χ3n) is 9.71. The molecule has 8 rings (SSSR count). The van der Waals surface area contributed by atoms with Crippen LogP contribution >= 0.6 is 14.5 Å². The molecule has 0 spiro atoms. The molecule has 0 unspecified atom stereocenters. The van der Waals surface area contributed by atoms with Crippen LogP contribution in [0, 0.1) is 0 Å². The molecule has 0 aliphatic rings. The van der Waals surface area contributed by atoms with E-state index in [-0.39, 0.29) is 0 Å². The smallest absolute Gasteiger partial charge is 0.116 e. The van der Waals surface area contributed by atoms with Crippen LogP contribution in [0.2, 0.25) is 0 Å². The van der Waals surface area contributed by atoms with Crippen molar-refractivity contribution in [1.82, 2.24) is 0 Å². The zero-order valence-electron chi connectivity index (χ0n) is 31.4. The van der Waals surface area contributed by atoms with Gasteiger partial charge in [-0.1, -0.05) is 170 Å². The lowest BCUT2D eigenvalue weighted by molar-refractivity contribution is 0.352. The summed E-state index contributed by atoms with van der Waals surface area (Å²) >= 11 is 0. The summed E-state index contributed by atoms with van der Waals surface area (Å²) in [5, 5.41) is 8.59. The van der Waals surface area contributed by atoms with Crippen molar-refractivity contribution in [2.45, 2.75) is 12.3 Å². The van der Waals surface area contributed by atoms with Gasteiger partial charge in [-0.3, -0.25) is 8.42 Å². The van der Waals surface area contributed by atoms with Crippen molar-refractivity contribution in [1.29, 1.82) is 0 Å². The fourth-order valence-corrected chi connectivity index (χ4v) is 15.7. The van der Waals surface area contributed by atoms with Gasteiger partial charge in [-0.25, -0.2) is 0 Å². The molecule has 8 aromatic carbocycles. The molecule has 57 heavy (non-hydrogen) atoms. The summed E-state index contributed by atoms with van der Waals surface area (Å²) in [5.74, 6) is 0. The predicted octanol–water partition coefficient (Wildman–Crippen LogP) is 9.02. The molecule has 0 saturated heterocycles. The Balaban J connectivity index is 0.000000173. The molecule has 0 aliphatic heterocycles. The lowest BCUT2D eigenvalue weighted by Crippen LogP contribution is -2.32. The molecule has 0 heterocycles. The highest BCUT2D eigenvalue weighted by molar-refractivity contribution is 7.95. The lowest BCUT2D eigenvalue weighted by atomic mass is 10.2. The third kappa shape index (κ3) is 10.9. The third-order valence-corrected chi connectivity index (χ3v) is 18.5. The monoisotopic (exact) mass is 802 g/mol. The molecule has 0 radical (unpaired) electrons. The van der Waals surface area contributed by atoms with Crippen LogP contribution < -0.4 is 31.8 Å². The second-order valence-electron chi connectivity index (χ2n) is 13.3. The Hall–Kier alpha value is -5.51. The molecule has 8 aromatic rings. The van der Waals surface area contributed by atoms with Crippen molar-refractivity contribution >= 4 is 56.8 Å². The molecule has 0 atom stereocenters. The summed E-state index contributed by atoms with van der Waals surface area (Å²) in [6.07, 6.45) is 2.07. The fraction of sp³-hybridized carbons (Fsp3) is 0.0400. The largest absolute Gasteiger partial charge is 0.759 e. The maximum atomic E-state index is 8.52. The van der Waals surface area contributed by atoms with Gasteiger partial charge in [0.25, 0.3) is 0 Å². The van der Waals surface area contributed by atoms with E-state index >= 15 is 0 Å². The highest BCUT2D eigenvalue weighted by Crippen LogP contribution is 2.59. The van der Waals surface area contributed by atoms with E-state index in [1.54, 1.807) is 0 Å². The summed E-state index contributed by atoms with van der Waals surface area (Å²) in [6, 6.07) is 88.1. The summed E-state index contributed by atoms with van der Waals surface area (Å²) in [4.78, 5) is 0. The molecule has 0 bridgehead atoms. The molecule has 284 valence electrons. The van der Waals surface area contributed by atoms with E-state index < -0.39 is 24.9 Å². The van der Waals surface area contributed by atoms with Crippen LogP contribution in [0.1, 0.15) is 11.1 Å². The van der Waals surface area contributed by atoms with E-state index in [2.05, 4.69) is 243 Å². The minimum Gasteiger partial charge on any atom is -0.759 e. The molecule has 0 aliphatic carbocycles. The lowest BCUT2D eigenvalue weighted by Gasteiger charge is -2.27. The highest BCUT2D eigenvalue weighted by Gasteiger charge is 2.46. The van der Waals surface area contributed by atoms with Gasteiger partial charge >= 0.3 is 0 Å². The van der Waals surface area contributed by atoms with E-state index in [9.17, 15) is 0 Å². The van der Waals surface area contributed by atoms with E-state index in [1.165, 1.54) is 43.0 Å². The van der Waals surface area contributed by atoms with Crippen LogP contribution in [-0.4, -0.2) is 17.5 Å². The van der Waals surface area contributed by atoms with Crippen molar-refractivity contribution in [3.05, 3.63) is 254 Å². The van der Waals surface area contributed by atoms with Gasteiger partial charge in [-0.2, -0.15) is 0 Å². The van der Waals surface area contributed by atoms with Crippen LogP contribution in [0.4, 0.5) is 0 Å². The first-order valence-electron chi connectivity index (χ1n) is 18.6. The molecular formula is C50H44O4P2S. The summed E-state index contributed by atoms with van der Waals surface area (Å²) in [7, 11) is -8.72. The zero-order valence-corrected chi connectivity index (χ0v) is 34.0. The Bertz CT molecular complexity index is 2100. The van der Waals surface area contributed by atoms with Gasteiger partial charge in [-0.05, 0) is 83.9 Å². The Morgan fingerprint density at radius 3 is 0.579 bits per heavy atom. The summed E-state index contributed by atoms with van der Waals surface area (Å²) < 4.78 is 34.1. The van der Waals surface area contributed by atoms with Crippen molar-refractivity contribution in [3.8, 4) is 0 Å². The Morgan fingerprint density at radius 1 is 0.281 bits per heavy atom. The number of hydrogen-bond donors (Lipinski definition) is 0. The molecule has 0 saturated carbocycles. The molecule has 7 heteroatoms. The first kappa shape index (κ1) is 41.1. The first-order valence-corrected chi connectivity index (χ1v) is 23.9. The Labute approximate surface area is 338 Å². The first-order chi connectivity index (χ1) is 27.8. The van der Waals surface area contributed by atoms with Gasteiger partial charge in [0, 0.05) is 10.4 Å². The Kier molecular flexibility index (Phi) is 14.5. The number of hydrogen-bond acceptors (Lipinski definition) is 4. The normalized spacial score (nSPS) is 11.3. The average Bonchev–Trinajstić information content (AvgIpc) is 3.27. The van der Waals surface area contributed by atoms with E-state index in [4.69, 9.17) is 17.5 Å². The zero-order chi connectivity index (χ0) is 39.8. The average molecular weight is 803 g/mol. The maximum absolute atomic E-state index is 8.52. The van der Waals surface area contributed by atoms with Crippen LogP contribution in [-0.2, 0) is 22.7 Å². The van der Waals surface area contributed by atoms with Crippen molar-refractivity contribution in [3.63, 3.8) is 0 Å². The van der Waals surface area contributed by atoms with Crippen molar-refractivity contribution in [2.24, 2.45) is 0 Å². The summed E-state index contributed by atoms with van der Waals surface area (Å²) in [6.45, 7) is 0. The van der Waals surface area contributed by atoms with E-state index in [0.29, 0.717) is 0 Å². The molecule has 0 aromatic heterocycles. The van der Waals surface area contributed by atoms with Crippen LogP contribution in [0.25, 0.3) is 0 Å². The minimum absolute atomic E-state index is 1.03. The van der Waals surface area contributed by atoms with Gasteiger partial charge in [0.1, 0.15) is 46.4 Å². The van der Waals surface area contributed by atoms with Crippen LogP contribution in [0.15, 0.2) is 243 Å². The maximum Gasteiger partial charge on any atom is 0.116 e. The van der Waals surface area contributed by atoms with E-state index in [1.807, 2.05) is 0 Å².